The Balaban J connectivity index is 1.33. The van der Waals surface area contributed by atoms with Gasteiger partial charge < -0.3 is 28.4 Å². The van der Waals surface area contributed by atoms with Gasteiger partial charge in [0.15, 0.2) is 6.10 Å². The highest BCUT2D eigenvalue weighted by Crippen LogP contribution is 2.33. The second-order valence-electron chi connectivity index (χ2n) is 11.9. The molecule has 0 bridgehead atoms. The van der Waals surface area contributed by atoms with Gasteiger partial charge in [0.05, 0.1) is 27.8 Å². The molecule has 5 aromatic rings. The summed E-state index contributed by atoms with van der Waals surface area (Å²) in [7, 11) is 0. The quantitative estimate of drug-likeness (QED) is 0.0976. The summed E-state index contributed by atoms with van der Waals surface area (Å²) in [6, 6.07) is 40.7. The van der Waals surface area contributed by atoms with Gasteiger partial charge in [-0.15, -0.1) is 0 Å². The van der Waals surface area contributed by atoms with Gasteiger partial charge in [-0.1, -0.05) is 91.0 Å². The van der Waals surface area contributed by atoms with E-state index in [0.29, 0.717) is 0 Å². The minimum absolute atomic E-state index is 0.180. The minimum atomic E-state index is -1.58. The van der Waals surface area contributed by atoms with E-state index >= 15 is 0 Å². The molecular formula is C42H34O11. The second-order valence-corrected chi connectivity index (χ2v) is 11.9. The van der Waals surface area contributed by atoms with Gasteiger partial charge in [0, 0.05) is 6.42 Å². The summed E-state index contributed by atoms with van der Waals surface area (Å²) in [6.07, 6.45) is -7.09. The molecule has 0 N–H and O–H groups in total. The Morgan fingerprint density at radius 2 is 0.811 bits per heavy atom. The van der Waals surface area contributed by atoms with Gasteiger partial charge in [-0.3, -0.25) is 0 Å². The Bertz CT molecular complexity index is 1990. The zero-order valence-corrected chi connectivity index (χ0v) is 28.2. The van der Waals surface area contributed by atoms with Crippen LogP contribution >= 0.6 is 0 Å². The molecule has 0 aliphatic carbocycles. The molecule has 1 aliphatic heterocycles. The first kappa shape index (κ1) is 36.2. The highest BCUT2D eigenvalue weighted by atomic mass is 16.7. The van der Waals surface area contributed by atoms with Gasteiger partial charge in [0.1, 0.15) is 18.8 Å². The molecule has 6 rings (SSSR count). The Morgan fingerprint density at radius 1 is 0.453 bits per heavy atom. The van der Waals surface area contributed by atoms with Crippen LogP contribution in [-0.4, -0.2) is 67.2 Å². The number of rotatable bonds is 13. The van der Waals surface area contributed by atoms with E-state index in [0.717, 1.165) is 0 Å². The highest BCUT2D eigenvalue weighted by molar-refractivity contribution is 5.92. The minimum Gasteiger partial charge on any atom is -0.458 e. The standard InChI is InChI=1S/C42H34O11/c43-37(28-16-6-1-7-17-28)48-27-33(49-38(44)29-18-8-2-9-19-29)26-34-35(51-39(45)30-20-10-3-11-21-30)36(52-40(46)31-22-12-4-13-23-31)42(50-34)53-41(47)32-24-14-5-15-25-32/h1-25,33-36,42H,26-27H2/t33-,34?,35?,36?,42?/m1/s1. The summed E-state index contributed by atoms with van der Waals surface area (Å²) in [4.78, 5) is 66.6. The van der Waals surface area contributed by atoms with E-state index in [1.807, 2.05) is 0 Å². The third kappa shape index (κ3) is 9.60. The number of ether oxygens (including phenoxy) is 6. The largest absolute Gasteiger partial charge is 0.458 e. The van der Waals surface area contributed by atoms with Crippen LogP contribution in [-0.2, 0) is 28.4 Å². The smallest absolute Gasteiger partial charge is 0.340 e. The lowest BCUT2D eigenvalue weighted by Gasteiger charge is -2.26. The molecule has 5 aromatic carbocycles. The van der Waals surface area contributed by atoms with E-state index in [1.165, 1.54) is 24.3 Å². The number of hydrogen-bond acceptors (Lipinski definition) is 11. The van der Waals surface area contributed by atoms with Crippen molar-refractivity contribution in [1.82, 2.24) is 0 Å². The van der Waals surface area contributed by atoms with Crippen LogP contribution in [0.15, 0.2) is 152 Å². The number of hydrogen-bond donors (Lipinski definition) is 0. The number of benzene rings is 5. The zero-order chi connectivity index (χ0) is 37.0. The van der Waals surface area contributed by atoms with Crippen molar-refractivity contribution in [3.63, 3.8) is 0 Å². The molecule has 11 nitrogen and oxygen atoms in total. The SMILES string of the molecule is O=C(OC[C@@H](CC1OC(OC(=O)c2ccccc2)C(OC(=O)c2ccccc2)C1OC(=O)c1ccccc1)OC(=O)c1ccccc1)c1ccccc1. The van der Waals surface area contributed by atoms with Crippen LogP contribution in [0.5, 0.6) is 0 Å². The van der Waals surface area contributed by atoms with Crippen LogP contribution in [0.2, 0.25) is 0 Å². The van der Waals surface area contributed by atoms with Crippen LogP contribution < -0.4 is 0 Å². The Labute approximate surface area is 305 Å². The third-order valence-corrected chi connectivity index (χ3v) is 8.19. The fourth-order valence-electron chi connectivity index (χ4n) is 5.55. The van der Waals surface area contributed by atoms with Crippen LogP contribution in [0.3, 0.4) is 0 Å². The Morgan fingerprint density at radius 3 is 1.25 bits per heavy atom. The van der Waals surface area contributed by atoms with Crippen LogP contribution in [0.1, 0.15) is 58.2 Å². The summed E-state index contributed by atoms with van der Waals surface area (Å²) in [5.74, 6) is -3.77. The van der Waals surface area contributed by atoms with Crippen LogP contribution in [0.25, 0.3) is 0 Å². The molecule has 1 fully saturated rings. The number of esters is 5. The predicted molar refractivity (Wildman–Crippen MR) is 189 cm³/mol. The summed E-state index contributed by atoms with van der Waals surface area (Å²) >= 11 is 0. The van der Waals surface area contributed by atoms with Crippen molar-refractivity contribution in [3.8, 4) is 0 Å². The first-order valence-electron chi connectivity index (χ1n) is 16.8. The van der Waals surface area contributed by atoms with Gasteiger partial charge in [-0.25, -0.2) is 24.0 Å². The molecule has 1 aliphatic rings. The maximum Gasteiger partial charge on any atom is 0.340 e. The number of carbonyl (C=O) groups is 5. The first-order valence-corrected chi connectivity index (χ1v) is 16.8. The van der Waals surface area contributed by atoms with Gasteiger partial charge in [0.2, 0.25) is 12.4 Å². The second kappa shape index (κ2) is 17.6. The molecule has 5 atom stereocenters. The fourth-order valence-corrected chi connectivity index (χ4v) is 5.55. The van der Waals surface area contributed by atoms with Gasteiger partial charge in [-0.05, 0) is 60.7 Å². The summed E-state index contributed by atoms with van der Waals surface area (Å²) in [6.45, 7) is -0.422. The molecule has 0 amide bonds. The molecule has 0 spiro atoms. The van der Waals surface area contributed by atoms with Crippen molar-refractivity contribution in [1.29, 1.82) is 0 Å². The van der Waals surface area contributed by atoms with Crippen molar-refractivity contribution < 1.29 is 52.4 Å². The van der Waals surface area contributed by atoms with E-state index in [9.17, 15) is 24.0 Å². The topological polar surface area (TPSA) is 141 Å². The summed E-state index contributed by atoms with van der Waals surface area (Å²) in [5, 5.41) is 0. The lowest BCUT2D eigenvalue weighted by Crippen LogP contribution is -2.43. The molecule has 0 saturated carbocycles. The molecule has 1 heterocycles. The van der Waals surface area contributed by atoms with Crippen molar-refractivity contribution in [2.24, 2.45) is 0 Å². The Hall–Kier alpha value is -6.59. The molecular weight excluding hydrogens is 680 g/mol. The molecule has 0 aromatic heterocycles. The molecule has 268 valence electrons. The van der Waals surface area contributed by atoms with E-state index in [4.69, 9.17) is 28.4 Å². The molecule has 0 radical (unpaired) electrons. The van der Waals surface area contributed by atoms with Gasteiger partial charge >= 0.3 is 29.8 Å². The van der Waals surface area contributed by atoms with Crippen molar-refractivity contribution in [2.75, 3.05) is 6.61 Å². The molecule has 1 saturated heterocycles. The molecule has 53 heavy (non-hydrogen) atoms. The normalized spacial score (nSPS) is 18.2. The van der Waals surface area contributed by atoms with Crippen molar-refractivity contribution in [2.45, 2.75) is 37.1 Å². The maximum atomic E-state index is 13.5. The highest BCUT2D eigenvalue weighted by Gasteiger charge is 2.53. The number of carbonyl (C=O) groups excluding carboxylic acids is 5. The zero-order valence-electron chi connectivity index (χ0n) is 28.2. The van der Waals surface area contributed by atoms with Crippen LogP contribution in [0.4, 0.5) is 0 Å². The average molecular weight is 715 g/mol. The molecule has 4 unspecified atom stereocenters. The predicted octanol–water partition coefficient (Wildman–Crippen LogP) is 6.49. The molecule has 11 heteroatoms. The van der Waals surface area contributed by atoms with Gasteiger partial charge in [-0.2, -0.15) is 0 Å². The summed E-state index contributed by atoms with van der Waals surface area (Å²) < 4.78 is 35.3. The Kier molecular flexibility index (Phi) is 12.0. The van der Waals surface area contributed by atoms with E-state index in [-0.39, 0.29) is 34.2 Å². The maximum absolute atomic E-state index is 13.5. The lowest BCUT2D eigenvalue weighted by atomic mass is 10.0. The van der Waals surface area contributed by atoms with E-state index in [2.05, 4.69) is 0 Å². The monoisotopic (exact) mass is 714 g/mol. The summed E-state index contributed by atoms with van der Waals surface area (Å²) in [5.41, 5.74) is 1.06. The van der Waals surface area contributed by atoms with Crippen molar-refractivity contribution in [3.05, 3.63) is 179 Å². The fraction of sp³-hybridized carbons (Fsp3) is 0.167. The van der Waals surface area contributed by atoms with Crippen molar-refractivity contribution >= 4 is 29.8 Å². The first-order chi connectivity index (χ1) is 25.9. The lowest BCUT2D eigenvalue weighted by molar-refractivity contribution is -0.141. The van der Waals surface area contributed by atoms with Crippen LogP contribution in [0, 0.1) is 0 Å². The third-order valence-electron chi connectivity index (χ3n) is 8.19. The average Bonchev–Trinajstić information content (AvgIpc) is 3.51. The van der Waals surface area contributed by atoms with E-state index < -0.39 is 67.2 Å². The van der Waals surface area contributed by atoms with E-state index in [1.54, 1.807) is 127 Å². The van der Waals surface area contributed by atoms with Gasteiger partial charge in [0.25, 0.3) is 0 Å².